The first kappa shape index (κ1) is 26.4. The van der Waals surface area contributed by atoms with Gasteiger partial charge in [0.25, 0.3) is 0 Å². The third-order valence-corrected chi connectivity index (χ3v) is 9.30. The molecule has 0 spiro atoms. The van der Waals surface area contributed by atoms with Gasteiger partial charge in [0.2, 0.25) is 0 Å². The largest absolute Gasteiger partial charge is 0.359 e. The van der Waals surface area contributed by atoms with Crippen LogP contribution in [0.25, 0.3) is 59.9 Å². The predicted molar refractivity (Wildman–Crippen MR) is 195 cm³/mol. The minimum atomic E-state index is -0.0567. The average molecular weight is 587 g/mol. The van der Waals surface area contributed by atoms with Crippen LogP contribution >= 0.6 is 0 Å². The summed E-state index contributed by atoms with van der Waals surface area (Å²) < 4.78 is 0. The van der Waals surface area contributed by atoms with Gasteiger partial charge in [-0.25, -0.2) is 4.99 Å². The van der Waals surface area contributed by atoms with Crippen molar-refractivity contribution in [3.05, 3.63) is 187 Å². The van der Waals surface area contributed by atoms with Gasteiger partial charge in [-0.05, 0) is 71.9 Å². The highest BCUT2D eigenvalue weighted by atomic mass is 15.0. The number of benzene rings is 8. The second-order valence-corrected chi connectivity index (χ2v) is 12.0. The molecule has 1 atom stereocenters. The standard InChI is InChI=1S/C44H30N2/c1-2-15-31(16-3-1)41-28-42(38-23-11-10-22-37(38)36-24-12-18-29-13-4-7-19-33(29)36)46-44(45-41)43-35-21-9-6-17-32(35)27-40-34-20-8-5-14-30(34)25-26-39(40)43/h1-28,41H,(H,45,46). The predicted octanol–water partition coefficient (Wildman–Crippen LogP) is 11.1. The fourth-order valence-electron chi connectivity index (χ4n) is 7.13. The van der Waals surface area contributed by atoms with Crippen molar-refractivity contribution in [2.75, 3.05) is 0 Å². The first-order valence-electron chi connectivity index (χ1n) is 15.8. The van der Waals surface area contributed by atoms with Crippen LogP contribution in [0.4, 0.5) is 0 Å². The molecule has 2 heteroatoms. The molecule has 46 heavy (non-hydrogen) atoms. The Bertz CT molecular complexity index is 2500. The van der Waals surface area contributed by atoms with E-state index in [1.165, 1.54) is 59.8 Å². The Balaban J connectivity index is 1.32. The lowest BCUT2D eigenvalue weighted by Crippen LogP contribution is -2.31. The lowest BCUT2D eigenvalue weighted by molar-refractivity contribution is 0.782. The summed E-state index contributed by atoms with van der Waals surface area (Å²) in [4.78, 5) is 5.51. The van der Waals surface area contributed by atoms with Gasteiger partial charge in [-0.15, -0.1) is 0 Å². The number of amidine groups is 1. The molecule has 1 unspecified atom stereocenters. The summed E-state index contributed by atoms with van der Waals surface area (Å²) in [5.74, 6) is 0.885. The summed E-state index contributed by atoms with van der Waals surface area (Å²) in [6, 6.07) is 58.7. The lowest BCUT2D eigenvalue weighted by Gasteiger charge is -2.27. The van der Waals surface area contributed by atoms with Crippen LogP contribution in [0.15, 0.2) is 175 Å². The highest BCUT2D eigenvalue weighted by Crippen LogP contribution is 2.39. The number of fused-ring (bicyclic) bond motifs is 5. The van der Waals surface area contributed by atoms with E-state index >= 15 is 0 Å². The van der Waals surface area contributed by atoms with Crippen LogP contribution in [-0.2, 0) is 0 Å². The van der Waals surface area contributed by atoms with Crippen molar-refractivity contribution in [1.29, 1.82) is 0 Å². The van der Waals surface area contributed by atoms with E-state index in [1.54, 1.807) is 0 Å². The van der Waals surface area contributed by atoms with E-state index in [0.29, 0.717) is 0 Å². The molecule has 1 aliphatic rings. The molecule has 1 N–H and O–H groups in total. The maximum Gasteiger partial charge on any atom is 0.135 e. The first-order chi connectivity index (χ1) is 22.8. The smallest absolute Gasteiger partial charge is 0.135 e. The molecular weight excluding hydrogens is 556 g/mol. The Morgan fingerprint density at radius 1 is 0.413 bits per heavy atom. The monoisotopic (exact) mass is 586 g/mol. The highest BCUT2D eigenvalue weighted by molar-refractivity contribution is 6.25. The number of aliphatic imine (C=N–C) groups is 1. The Morgan fingerprint density at radius 3 is 1.85 bits per heavy atom. The molecular formula is C44H30N2. The minimum absolute atomic E-state index is 0.0567. The van der Waals surface area contributed by atoms with Gasteiger partial charge in [-0.3, -0.25) is 0 Å². The molecule has 8 aromatic carbocycles. The quantitative estimate of drug-likeness (QED) is 0.161. The van der Waals surface area contributed by atoms with E-state index in [0.717, 1.165) is 22.7 Å². The van der Waals surface area contributed by atoms with E-state index in [-0.39, 0.29) is 6.04 Å². The summed E-state index contributed by atoms with van der Waals surface area (Å²) >= 11 is 0. The van der Waals surface area contributed by atoms with E-state index in [4.69, 9.17) is 4.99 Å². The molecule has 0 aromatic heterocycles. The Labute approximate surface area is 268 Å². The number of rotatable bonds is 4. The van der Waals surface area contributed by atoms with Crippen LogP contribution in [0.5, 0.6) is 0 Å². The van der Waals surface area contributed by atoms with Gasteiger partial charge in [0, 0.05) is 11.1 Å². The molecule has 2 nitrogen and oxygen atoms in total. The van der Waals surface area contributed by atoms with Crippen molar-refractivity contribution in [3.63, 3.8) is 0 Å². The van der Waals surface area contributed by atoms with Crippen LogP contribution in [0.3, 0.4) is 0 Å². The van der Waals surface area contributed by atoms with E-state index in [2.05, 4.69) is 175 Å². The molecule has 216 valence electrons. The summed E-state index contributed by atoms with van der Waals surface area (Å²) in [5.41, 5.74) is 6.80. The molecule has 0 radical (unpaired) electrons. The molecule has 0 saturated carbocycles. The van der Waals surface area contributed by atoms with Crippen molar-refractivity contribution < 1.29 is 0 Å². The van der Waals surface area contributed by atoms with Crippen LogP contribution in [0.1, 0.15) is 22.7 Å². The van der Waals surface area contributed by atoms with Crippen LogP contribution < -0.4 is 5.32 Å². The van der Waals surface area contributed by atoms with Gasteiger partial charge in [0.15, 0.2) is 0 Å². The summed E-state index contributed by atoms with van der Waals surface area (Å²) in [7, 11) is 0. The third kappa shape index (κ3) is 4.38. The highest BCUT2D eigenvalue weighted by Gasteiger charge is 2.24. The Morgan fingerprint density at radius 2 is 1.02 bits per heavy atom. The summed E-state index contributed by atoms with van der Waals surface area (Å²) in [6.07, 6.45) is 2.28. The molecule has 8 aromatic rings. The van der Waals surface area contributed by atoms with Gasteiger partial charge in [0.1, 0.15) is 5.84 Å². The molecule has 0 aliphatic carbocycles. The van der Waals surface area contributed by atoms with Gasteiger partial charge < -0.3 is 5.32 Å². The first-order valence-corrected chi connectivity index (χ1v) is 15.8. The number of nitrogens with zero attached hydrogens (tertiary/aromatic N) is 1. The molecule has 1 heterocycles. The Hall–Kier alpha value is -5.99. The summed E-state index contributed by atoms with van der Waals surface area (Å²) in [5, 5.41) is 13.7. The second-order valence-electron chi connectivity index (χ2n) is 12.0. The zero-order valence-corrected chi connectivity index (χ0v) is 25.2. The maximum atomic E-state index is 5.51. The molecule has 1 aliphatic heterocycles. The maximum absolute atomic E-state index is 5.51. The Kier molecular flexibility index (Phi) is 6.24. The number of hydrogen-bond acceptors (Lipinski definition) is 2. The van der Waals surface area contributed by atoms with Crippen LogP contribution in [-0.4, -0.2) is 5.84 Å². The van der Waals surface area contributed by atoms with Gasteiger partial charge in [0.05, 0.1) is 11.7 Å². The number of nitrogens with one attached hydrogen (secondary N) is 1. The van der Waals surface area contributed by atoms with Crippen molar-refractivity contribution in [2.24, 2.45) is 4.99 Å². The lowest BCUT2D eigenvalue weighted by atomic mass is 9.90. The van der Waals surface area contributed by atoms with Crippen molar-refractivity contribution in [2.45, 2.75) is 6.04 Å². The zero-order chi connectivity index (χ0) is 30.5. The minimum Gasteiger partial charge on any atom is -0.359 e. The molecule has 0 bridgehead atoms. The van der Waals surface area contributed by atoms with Crippen molar-refractivity contribution in [1.82, 2.24) is 5.32 Å². The molecule has 9 rings (SSSR count). The van der Waals surface area contributed by atoms with Crippen molar-refractivity contribution >= 4 is 54.6 Å². The second kappa shape index (κ2) is 10.9. The van der Waals surface area contributed by atoms with Gasteiger partial charge in [-0.2, -0.15) is 0 Å². The number of hydrogen-bond donors (Lipinski definition) is 1. The zero-order valence-electron chi connectivity index (χ0n) is 25.2. The molecule has 0 amide bonds. The molecule has 0 fully saturated rings. The summed E-state index contributed by atoms with van der Waals surface area (Å²) in [6.45, 7) is 0. The van der Waals surface area contributed by atoms with Crippen molar-refractivity contribution in [3.8, 4) is 11.1 Å². The van der Waals surface area contributed by atoms with E-state index < -0.39 is 0 Å². The normalized spacial score (nSPS) is 14.7. The van der Waals surface area contributed by atoms with Gasteiger partial charge >= 0.3 is 0 Å². The fourth-order valence-corrected chi connectivity index (χ4v) is 7.13. The van der Waals surface area contributed by atoms with Crippen LogP contribution in [0.2, 0.25) is 0 Å². The SMILES string of the molecule is C1=C(c2ccccc2-c2cccc3ccccc23)N=C(c2c3ccccc3cc3c2ccc2ccccc23)NC1c1ccccc1. The van der Waals surface area contributed by atoms with E-state index in [9.17, 15) is 0 Å². The van der Waals surface area contributed by atoms with Crippen LogP contribution in [0, 0.1) is 0 Å². The average Bonchev–Trinajstić information content (AvgIpc) is 3.13. The molecule has 0 saturated heterocycles. The van der Waals surface area contributed by atoms with E-state index in [1.807, 2.05) is 0 Å². The topological polar surface area (TPSA) is 24.4 Å². The third-order valence-electron chi connectivity index (χ3n) is 9.30. The fraction of sp³-hybridized carbons (Fsp3) is 0.0227. The van der Waals surface area contributed by atoms with Gasteiger partial charge in [-0.1, -0.05) is 158 Å².